The van der Waals surface area contributed by atoms with E-state index in [0.29, 0.717) is 6.67 Å². The van der Waals surface area contributed by atoms with E-state index in [-0.39, 0.29) is 0 Å². The lowest BCUT2D eigenvalue weighted by molar-refractivity contribution is 0.739. The zero-order valence-corrected chi connectivity index (χ0v) is 18.6. The summed E-state index contributed by atoms with van der Waals surface area (Å²) in [5.74, 6) is 0. The molecule has 4 aromatic carbocycles. The average molecular weight is 428 g/mol. The number of nitrogens with zero attached hydrogens (tertiary/aromatic N) is 2. The summed E-state index contributed by atoms with van der Waals surface area (Å²) in [7, 11) is 0. The Labute approximate surface area is 193 Å². The van der Waals surface area contributed by atoms with Gasteiger partial charge in [-0.05, 0) is 60.5 Å². The van der Waals surface area contributed by atoms with Crippen LogP contribution < -0.4 is 5.73 Å². The molecule has 0 radical (unpaired) electrons. The van der Waals surface area contributed by atoms with Crippen LogP contribution in [0, 0.1) is 6.92 Å². The molecule has 0 aliphatic carbocycles. The number of hydrogen-bond donors (Lipinski definition) is 1. The molecule has 33 heavy (non-hydrogen) atoms. The molecular weight excluding hydrogens is 402 g/mol. The molecule has 2 N–H and O–H groups in total. The van der Waals surface area contributed by atoms with Gasteiger partial charge in [-0.25, -0.2) is 0 Å². The van der Waals surface area contributed by atoms with E-state index < -0.39 is 0 Å². The first-order chi connectivity index (χ1) is 16.2. The second kappa shape index (κ2) is 7.51. The van der Waals surface area contributed by atoms with Gasteiger partial charge in [-0.1, -0.05) is 61.2 Å². The third kappa shape index (κ3) is 2.86. The molecule has 0 fully saturated rings. The van der Waals surface area contributed by atoms with Crippen LogP contribution in [-0.2, 0) is 6.67 Å². The van der Waals surface area contributed by atoms with Crippen molar-refractivity contribution in [3.05, 3.63) is 109 Å². The van der Waals surface area contributed by atoms with Crippen LogP contribution in [0.2, 0.25) is 0 Å². The lowest BCUT2D eigenvalue weighted by atomic mass is 10.00. The van der Waals surface area contributed by atoms with E-state index in [2.05, 4.69) is 114 Å². The minimum Gasteiger partial charge on any atom is -0.331 e. The Morgan fingerprint density at radius 2 is 1.36 bits per heavy atom. The maximum atomic E-state index is 6.03. The molecule has 3 nitrogen and oxygen atoms in total. The fraction of sp³-hybridized carbons (Fsp3) is 0.0667. The molecule has 0 atom stereocenters. The lowest BCUT2D eigenvalue weighted by Gasteiger charge is -2.08. The van der Waals surface area contributed by atoms with Crippen molar-refractivity contribution in [3.63, 3.8) is 0 Å². The van der Waals surface area contributed by atoms with Crippen LogP contribution in [0.15, 0.2) is 97.6 Å². The van der Waals surface area contributed by atoms with Gasteiger partial charge in [0, 0.05) is 38.6 Å². The number of aromatic nitrogens is 2. The Hall–Kier alpha value is -4.08. The Kier molecular flexibility index (Phi) is 4.46. The Bertz CT molecular complexity index is 1670. The molecule has 6 aromatic rings. The molecule has 0 spiro atoms. The third-order valence-corrected chi connectivity index (χ3v) is 6.78. The molecular formula is C30H25N3. The molecule has 0 unspecified atom stereocenters. The van der Waals surface area contributed by atoms with Crippen molar-refractivity contribution in [3.8, 4) is 16.8 Å². The van der Waals surface area contributed by atoms with Crippen LogP contribution in [0.1, 0.15) is 11.3 Å². The molecule has 2 heterocycles. The highest BCUT2D eigenvalue weighted by Crippen LogP contribution is 2.36. The van der Waals surface area contributed by atoms with Gasteiger partial charge < -0.3 is 14.9 Å². The normalized spacial score (nSPS) is 11.6. The van der Waals surface area contributed by atoms with Crippen LogP contribution in [0.3, 0.4) is 0 Å². The first-order valence-corrected chi connectivity index (χ1v) is 11.3. The SMILES string of the molecule is C=Cc1c(C)n(CN)c2ccc(-c3ccc4c(c3)c3ccccc3n4-c3ccccc3)cc12. The van der Waals surface area contributed by atoms with Crippen molar-refractivity contribution in [1.29, 1.82) is 0 Å². The van der Waals surface area contributed by atoms with Crippen LogP contribution in [0.5, 0.6) is 0 Å². The summed E-state index contributed by atoms with van der Waals surface area (Å²) in [4.78, 5) is 0. The number of benzene rings is 4. The number of fused-ring (bicyclic) bond motifs is 4. The van der Waals surface area contributed by atoms with Crippen molar-refractivity contribution >= 4 is 38.8 Å². The van der Waals surface area contributed by atoms with E-state index in [9.17, 15) is 0 Å². The van der Waals surface area contributed by atoms with Crippen LogP contribution >= 0.6 is 0 Å². The van der Waals surface area contributed by atoms with E-state index in [1.54, 1.807) is 0 Å². The molecule has 0 bridgehead atoms. The van der Waals surface area contributed by atoms with Crippen molar-refractivity contribution in [2.75, 3.05) is 0 Å². The highest BCUT2D eigenvalue weighted by molar-refractivity contribution is 6.10. The van der Waals surface area contributed by atoms with Gasteiger partial charge in [-0.3, -0.25) is 0 Å². The Balaban J connectivity index is 1.60. The van der Waals surface area contributed by atoms with Gasteiger partial charge in [-0.2, -0.15) is 0 Å². The summed E-state index contributed by atoms with van der Waals surface area (Å²) in [6.07, 6.45) is 1.93. The molecule has 6 rings (SSSR count). The van der Waals surface area contributed by atoms with Crippen LogP contribution in [-0.4, -0.2) is 9.13 Å². The maximum Gasteiger partial charge on any atom is 0.0703 e. The summed E-state index contributed by atoms with van der Waals surface area (Å²) >= 11 is 0. The first kappa shape index (κ1) is 19.6. The standard InChI is InChI=1S/C30H25N3/c1-3-24-20(2)32(19-31)28-15-13-21(17-26(24)28)22-14-16-30-27(18-22)25-11-7-8-12-29(25)33(30)23-9-5-4-6-10-23/h3-18H,1,19,31H2,2H3. The molecule has 160 valence electrons. The minimum atomic E-state index is 0.459. The summed E-state index contributed by atoms with van der Waals surface area (Å²) in [6.45, 7) is 6.61. The highest BCUT2D eigenvalue weighted by Gasteiger charge is 2.15. The second-order valence-electron chi connectivity index (χ2n) is 8.47. The smallest absolute Gasteiger partial charge is 0.0703 e. The Morgan fingerprint density at radius 3 is 2.09 bits per heavy atom. The van der Waals surface area contributed by atoms with E-state index in [4.69, 9.17) is 5.73 Å². The van der Waals surface area contributed by atoms with E-state index >= 15 is 0 Å². The maximum absolute atomic E-state index is 6.03. The second-order valence-corrected chi connectivity index (χ2v) is 8.47. The van der Waals surface area contributed by atoms with Crippen LogP contribution in [0.4, 0.5) is 0 Å². The largest absolute Gasteiger partial charge is 0.331 e. The van der Waals surface area contributed by atoms with Crippen molar-refractivity contribution in [1.82, 2.24) is 9.13 Å². The van der Waals surface area contributed by atoms with Crippen molar-refractivity contribution in [2.45, 2.75) is 13.6 Å². The summed E-state index contributed by atoms with van der Waals surface area (Å²) < 4.78 is 4.49. The van der Waals surface area contributed by atoms with Gasteiger partial charge in [0.2, 0.25) is 0 Å². The van der Waals surface area contributed by atoms with Gasteiger partial charge >= 0.3 is 0 Å². The van der Waals surface area contributed by atoms with Gasteiger partial charge in [-0.15, -0.1) is 0 Å². The topological polar surface area (TPSA) is 35.9 Å². The first-order valence-electron chi connectivity index (χ1n) is 11.3. The average Bonchev–Trinajstić information content (AvgIpc) is 3.34. The molecule has 0 amide bonds. The Morgan fingerprint density at radius 1 is 0.727 bits per heavy atom. The van der Waals surface area contributed by atoms with Gasteiger partial charge in [0.15, 0.2) is 0 Å². The van der Waals surface area contributed by atoms with Gasteiger partial charge in [0.25, 0.3) is 0 Å². The zero-order valence-electron chi connectivity index (χ0n) is 18.6. The third-order valence-electron chi connectivity index (χ3n) is 6.78. The molecule has 3 heteroatoms. The zero-order chi connectivity index (χ0) is 22.5. The van der Waals surface area contributed by atoms with E-state index in [0.717, 1.165) is 16.8 Å². The minimum absolute atomic E-state index is 0.459. The summed E-state index contributed by atoms with van der Waals surface area (Å²) in [5, 5.41) is 3.71. The molecule has 0 aliphatic rings. The quantitative estimate of drug-likeness (QED) is 0.315. The number of rotatable bonds is 4. The van der Waals surface area contributed by atoms with Gasteiger partial charge in [0.05, 0.1) is 17.7 Å². The fourth-order valence-electron chi connectivity index (χ4n) is 5.19. The monoisotopic (exact) mass is 427 g/mol. The predicted molar refractivity (Wildman–Crippen MR) is 141 cm³/mol. The molecule has 0 saturated heterocycles. The molecule has 0 saturated carbocycles. The fourth-order valence-corrected chi connectivity index (χ4v) is 5.19. The number of hydrogen-bond acceptors (Lipinski definition) is 1. The van der Waals surface area contributed by atoms with E-state index in [1.807, 2.05) is 6.08 Å². The highest BCUT2D eigenvalue weighted by atomic mass is 15.0. The number of para-hydroxylation sites is 2. The summed E-state index contributed by atoms with van der Waals surface area (Å²) in [5.41, 5.74) is 15.5. The number of nitrogens with two attached hydrogens (primary N) is 1. The van der Waals surface area contributed by atoms with Gasteiger partial charge in [0.1, 0.15) is 0 Å². The lowest BCUT2D eigenvalue weighted by Crippen LogP contribution is -2.08. The predicted octanol–water partition coefficient (Wildman–Crippen LogP) is 7.27. The van der Waals surface area contributed by atoms with E-state index in [1.165, 1.54) is 44.0 Å². The van der Waals surface area contributed by atoms with Crippen molar-refractivity contribution in [2.24, 2.45) is 5.73 Å². The summed E-state index contributed by atoms with van der Waals surface area (Å²) in [6, 6.07) is 32.6. The van der Waals surface area contributed by atoms with Crippen molar-refractivity contribution < 1.29 is 0 Å². The molecule has 0 aliphatic heterocycles. The van der Waals surface area contributed by atoms with Crippen LogP contribution in [0.25, 0.3) is 55.6 Å². The molecule has 2 aromatic heterocycles.